The Balaban J connectivity index is 2.31. The van der Waals surface area contributed by atoms with Crippen LogP contribution in [0.1, 0.15) is 18.9 Å². The van der Waals surface area contributed by atoms with E-state index in [-0.39, 0.29) is 5.91 Å². The van der Waals surface area contributed by atoms with Crippen LogP contribution in [0.15, 0.2) is 24.5 Å². The van der Waals surface area contributed by atoms with Gasteiger partial charge < -0.3 is 5.32 Å². The van der Waals surface area contributed by atoms with Gasteiger partial charge in [0.2, 0.25) is 5.91 Å². The van der Waals surface area contributed by atoms with Gasteiger partial charge >= 0.3 is 0 Å². The summed E-state index contributed by atoms with van der Waals surface area (Å²) in [5, 5.41) is 11.4. The molecule has 0 aromatic carbocycles. The Morgan fingerprint density at radius 2 is 2.50 bits per heavy atom. The van der Waals surface area contributed by atoms with Crippen molar-refractivity contribution >= 4 is 5.91 Å². The number of carbonyl (C=O) groups excluding carboxylic acids is 1. The minimum atomic E-state index is -0.533. The highest BCUT2D eigenvalue weighted by Crippen LogP contribution is 2.00. The average molecular weight is 217 g/mol. The molecule has 1 aromatic heterocycles. The number of amides is 1. The summed E-state index contributed by atoms with van der Waals surface area (Å²) in [6.07, 6.45) is 4.77. The molecule has 4 nitrogen and oxygen atoms in total. The number of nitriles is 1. The SMILES string of the molecule is CCC(C#N)C(=O)NCCc1cccnc1. The first-order valence-corrected chi connectivity index (χ1v) is 5.34. The van der Waals surface area contributed by atoms with Crippen molar-refractivity contribution in [2.24, 2.45) is 5.92 Å². The van der Waals surface area contributed by atoms with Crippen molar-refractivity contribution in [2.45, 2.75) is 19.8 Å². The van der Waals surface area contributed by atoms with Gasteiger partial charge in [-0.15, -0.1) is 0 Å². The van der Waals surface area contributed by atoms with E-state index in [4.69, 9.17) is 5.26 Å². The van der Waals surface area contributed by atoms with E-state index in [1.807, 2.05) is 25.1 Å². The highest BCUT2D eigenvalue weighted by atomic mass is 16.1. The van der Waals surface area contributed by atoms with Crippen molar-refractivity contribution in [3.63, 3.8) is 0 Å². The summed E-state index contributed by atoms with van der Waals surface area (Å²) in [4.78, 5) is 15.4. The number of aromatic nitrogens is 1. The Bertz CT molecular complexity index is 370. The van der Waals surface area contributed by atoms with Crippen LogP contribution in [-0.2, 0) is 11.2 Å². The van der Waals surface area contributed by atoms with Crippen LogP contribution in [-0.4, -0.2) is 17.4 Å². The Morgan fingerprint density at radius 3 is 3.06 bits per heavy atom. The number of hydrogen-bond donors (Lipinski definition) is 1. The number of carbonyl (C=O) groups is 1. The Labute approximate surface area is 95.3 Å². The first kappa shape index (κ1) is 12.2. The molecule has 1 unspecified atom stereocenters. The zero-order valence-corrected chi connectivity index (χ0v) is 9.31. The molecule has 0 fully saturated rings. The summed E-state index contributed by atoms with van der Waals surface area (Å²) in [6.45, 7) is 2.37. The third-order valence-electron chi connectivity index (χ3n) is 2.32. The molecular weight excluding hydrogens is 202 g/mol. The molecule has 84 valence electrons. The summed E-state index contributed by atoms with van der Waals surface area (Å²) in [6, 6.07) is 5.80. The molecule has 1 rings (SSSR count). The lowest BCUT2D eigenvalue weighted by Crippen LogP contribution is -2.31. The van der Waals surface area contributed by atoms with Gasteiger partial charge in [-0.05, 0) is 24.5 Å². The minimum Gasteiger partial charge on any atom is -0.355 e. The maximum atomic E-state index is 11.4. The van der Waals surface area contributed by atoms with Gasteiger partial charge in [-0.2, -0.15) is 5.26 Å². The van der Waals surface area contributed by atoms with Crippen molar-refractivity contribution in [2.75, 3.05) is 6.54 Å². The Hall–Kier alpha value is -1.89. The molecule has 16 heavy (non-hydrogen) atoms. The molecule has 0 aliphatic carbocycles. The van der Waals surface area contributed by atoms with Crippen LogP contribution in [0, 0.1) is 17.2 Å². The fourth-order valence-electron chi connectivity index (χ4n) is 1.33. The highest BCUT2D eigenvalue weighted by Gasteiger charge is 2.13. The van der Waals surface area contributed by atoms with Gasteiger partial charge in [0, 0.05) is 18.9 Å². The van der Waals surface area contributed by atoms with Crippen LogP contribution in [0.4, 0.5) is 0 Å². The van der Waals surface area contributed by atoms with Gasteiger partial charge in [-0.1, -0.05) is 13.0 Å². The first-order valence-electron chi connectivity index (χ1n) is 5.34. The normalized spacial score (nSPS) is 11.5. The molecule has 1 amide bonds. The first-order chi connectivity index (χ1) is 7.77. The summed E-state index contributed by atoms with van der Waals surface area (Å²) < 4.78 is 0. The third kappa shape index (κ3) is 3.70. The topological polar surface area (TPSA) is 65.8 Å². The molecule has 0 spiro atoms. The minimum absolute atomic E-state index is 0.186. The second-order valence-corrected chi connectivity index (χ2v) is 3.49. The number of rotatable bonds is 5. The van der Waals surface area contributed by atoms with E-state index in [0.29, 0.717) is 13.0 Å². The molecule has 0 aliphatic rings. The number of hydrogen-bond acceptors (Lipinski definition) is 3. The molecule has 0 saturated heterocycles. The van der Waals surface area contributed by atoms with Crippen molar-refractivity contribution in [3.8, 4) is 6.07 Å². The number of nitrogens with one attached hydrogen (secondary N) is 1. The van der Waals surface area contributed by atoms with Crippen molar-refractivity contribution < 1.29 is 4.79 Å². The number of pyridine rings is 1. The van der Waals surface area contributed by atoms with E-state index in [1.54, 1.807) is 12.4 Å². The van der Waals surface area contributed by atoms with Crippen molar-refractivity contribution in [1.82, 2.24) is 10.3 Å². The van der Waals surface area contributed by atoms with E-state index in [0.717, 1.165) is 12.0 Å². The summed E-state index contributed by atoms with van der Waals surface area (Å²) in [7, 11) is 0. The summed E-state index contributed by atoms with van der Waals surface area (Å²) in [5.74, 6) is -0.720. The summed E-state index contributed by atoms with van der Waals surface area (Å²) >= 11 is 0. The maximum Gasteiger partial charge on any atom is 0.237 e. The van der Waals surface area contributed by atoms with Gasteiger partial charge in [-0.25, -0.2) is 0 Å². The molecule has 0 radical (unpaired) electrons. The lowest BCUT2D eigenvalue weighted by molar-refractivity contribution is -0.123. The number of nitrogens with zero attached hydrogens (tertiary/aromatic N) is 2. The highest BCUT2D eigenvalue weighted by molar-refractivity contribution is 5.80. The molecule has 1 heterocycles. The van der Waals surface area contributed by atoms with Crippen LogP contribution in [0.5, 0.6) is 0 Å². The van der Waals surface area contributed by atoms with Crippen LogP contribution < -0.4 is 5.32 Å². The van der Waals surface area contributed by atoms with Crippen LogP contribution in [0.3, 0.4) is 0 Å². The van der Waals surface area contributed by atoms with Gasteiger partial charge in [0.25, 0.3) is 0 Å². The largest absolute Gasteiger partial charge is 0.355 e. The Morgan fingerprint density at radius 1 is 1.69 bits per heavy atom. The van der Waals surface area contributed by atoms with E-state index in [2.05, 4.69) is 10.3 Å². The van der Waals surface area contributed by atoms with E-state index < -0.39 is 5.92 Å². The lowest BCUT2D eigenvalue weighted by atomic mass is 10.1. The third-order valence-corrected chi connectivity index (χ3v) is 2.32. The second-order valence-electron chi connectivity index (χ2n) is 3.49. The predicted molar refractivity (Wildman–Crippen MR) is 60.3 cm³/mol. The molecule has 0 bridgehead atoms. The zero-order chi connectivity index (χ0) is 11.8. The molecular formula is C12H15N3O. The van der Waals surface area contributed by atoms with Gasteiger partial charge in [0.1, 0.15) is 5.92 Å². The predicted octanol–water partition coefficient (Wildman–Crippen LogP) is 1.29. The average Bonchev–Trinajstić information content (AvgIpc) is 2.32. The summed E-state index contributed by atoms with van der Waals surface area (Å²) in [5.41, 5.74) is 1.08. The standard InChI is InChI=1S/C12H15N3O/c1-2-11(8-13)12(16)15-7-5-10-4-3-6-14-9-10/h3-4,6,9,11H,2,5,7H2,1H3,(H,15,16). The Kier molecular flexibility index (Phi) is 5.00. The van der Waals surface area contributed by atoms with Gasteiger partial charge in [-0.3, -0.25) is 9.78 Å². The van der Waals surface area contributed by atoms with E-state index in [9.17, 15) is 4.79 Å². The maximum absolute atomic E-state index is 11.4. The fourth-order valence-corrected chi connectivity index (χ4v) is 1.33. The van der Waals surface area contributed by atoms with Crippen LogP contribution >= 0.6 is 0 Å². The van der Waals surface area contributed by atoms with Crippen LogP contribution in [0.25, 0.3) is 0 Å². The van der Waals surface area contributed by atoms with Crippen molar-refractivity contribution in [3.05, 3.63) is 30.1 Å². The van der Waals surface area contributed by atoms with Gasteiger partial charge in [0.05, 0.1) is 6.07 Å². The fraction of sp³-hybridized carbons (Fsp3) is 0.417. The molecule has 4 heteroatoms. The quantitative estimate of drug-likeness (QED) is 0.808. The lowest BCUT2D eigenvalue weighted by Gasteiger charge is -2.07. The van der Waals surface area contributed by atoms with E-state index >= 15 is 0 Å². The molecule has 0 aliphatic heterocycles. The smallest absolute Gasteiger partial charge is 0.237 e. The van der Waals surface area contributed by atoms with E-state index in [1.165, 1.54) is 0 Å². The molecule has 1 atom stereocenters. The molecule has 1 aromatic rings. The van der Waals surface area contributed by atoms with Crippen molar-refractivity contribution in [1.29, 1.82) is 5.26 Å². The monoisotopic (exact) mass is 217 g/mol. The second kappa shape index (κ2) is 6.57. The molecule has 0 saturated carbocycles. The van der Waals surface area contributed by atoms with Crippen LogP contribution in [0.2, 0.25) is 0 Å². The zero-order valence-electron chi connectivity index (χ0n) is 9.31. The van der Waals surface area contributed by atoms with Gasteiger partial charge in [0.15, 0.2) is 0 Å². The molecule has 1 N–H and O–H groups in total.